The van der Waals surface area contributed by atoms with Gasteiger partial charge in [0.2, 0.25) is 5.91 Å². The molecule has 0 radical (unpaired) electrons. The highest BCUT2D eigenvalue weighted by atomic mass is 19.2. The Morgan fingerprint density at radius 2 is 1.71 bits per heavy atom. The molecule has 3 aromatic heterocycles. The first kappa shape index (κ1) is 27.6. The molecule has 10 nitrogen and oxygen atoms in total. The molecule has 4 aromatic rings. The fourth-order valence-corrected chi connectivity index (χ4v) is 6.62. The second kappa shape index (κ2) is 11.3. The van der Waals surface area contributed by atoms with Crippen molar-refractivity contribution >= 4 is 23.2 Å². The molecule has 218 valence electrons. The van der Waals surface area contributed by atoms with Crippen molar-refractivity contribution in [3.8, 4) is 0 Å². The number of likely N-dealkylation sites (tertiary alicyclic amines) is 1. The molecule has 1 aliphatic heterocycles. The Bertz CT molecular complexity index is 1700. The van der Waals surface area contributed by atoms with Gasteiger partial charge in [-0.1, -0.05) is 18.2 Å². The highest BCUT2D eigenvalue weighted by Crippen LogP contribution is 2.45. The number of nitrogens with zero attached hydrogens (tertiary/aromatic N) is 4. The van der Waals surface area contributed by atoms with E-state index in [-0.39, 0.29) is 35.5 Å². The van der Waals surface area contributed by atoms with Crippen molar-refractivity contribution in [3.05, 3.63) is 93.8 Å². The van der Waals surface area contributed by atoms with Crippen LogP contribution in [0.15, 0.2) is 59.7 Å². The minimum Gasteiger partial charge on any atom is -0.465 e. The van der Waals surface area contributed by atoms with Gasteiger partial charge in [-0.05, 0) is 61.1 Å². The van der Waals surface area contributed by atoms with Crippen LogP contribution in [0.2, 0.25) is 0 Å². The molecular formula is C30H30F2N6O4. The molecule has 0 spiro atoms. The largest absolute Gasteiger partial charge is 0.465 e. The molecule has 2 aliphatic rings. The Morgan fingerprint density at radius 3 is 2.50 bits per heavy atom. The second-order valence-corrected chi connectivity index (χ2v) is 10.9. The molecule has 0 bridgehead atoms. The van der Waals surface area contributed by atoms with E-state index >= 15 is 0 Å². The number of amides is 2. The van der Waals surface area contributed by atoms with E-state index in [1.807, 2.05) is 6.07 Å². The van der Waals surface area contributed by atoms with E-state index in [1.165, 1.54) is 12.1 Å². The minimum atomic E-state index is -1.29. The van der Waals surface area contributed by atoms with Crippen LogP contribution in [0.3, 0.4) is 0 Å². The number of halogens is 2. The Morgan fingerprint density at radius 1 is 0.976 bits per heavy atom. The normalized spacial score (nSPS) is 21.1. The van der Waals surface area contributed by atoms with Gasteiger partial charge < -0.3 is 15.3 Å². The molecule has 3 atom stereocenters. The predicted molar refractivity (Wildman–Crippen MR) is 149 cm³/mol. The summed E-state index contributed by atoms with van der Waals surface area (Å²) in [6.07, 6.45) is 4.04. The summed E-state index contributed by atoms with van der Waals surface area (Å²) in [6.45, 7) is 0.954. The zero-order valence-electron chi connectivity index (χ0n) is 22.7. The summed E-state index contributed by atoms with van der Waals surface area (Å²) in [5.41, 5.74) is 2.27. The van der Waals surface area contributed by atoms with Gasteiger partial charge in [-0.3, -0.25) is 19.3 Å². The van der Waals surface area contributed by atoms with Crippen LogP contribution in [0, 0.1) is 11.6 Å². The van der Waals surface area contributed by atoms with E-state index in [0.29, 0.717) is 55.7 Å². The van der Waals surface area contributed by atoms with E-state index in [2.05, 4.69) is 20.3 Å². The Kier molecular flexibility index (Phi) is 7.44. The number of aromatic amines is 1. The van der Waals surface area contributed by atoms with E-state index in [0.717, 1.165) is 11.6 Å². The summed E-state index contributed by atoms with van der Waals surface area (Å²) in [6, 6.07) is 10.0. The maximum Gasteiger partial charge on any atom is 0.405 e. The number of hydrogen-bond acceptors (Lipinski definition) is 5. The molecule has 2 amide bonds. The van der Waals surface area contributed by atoms with Crippen molar-refractivity contribution in [1.82, 2.24) is 29.7 Å². The van der Waals surface area contributed by atoms with Gasteiger partial charge in [-0.25, -0.2) is 23.4 Å². The number of rotatable bonds is 5. The van der Waals surface area contributed by atoms with Gasteiger partial charge in [0.25, 0.3) is 0 Å². The Labute approximate surface area is 239 Å². The van der Waals surface area contributed by atoms with E-state index in [4.69, 9.17) is 0 Å². The first-order valence-electron chi connectivity index (χ1n) is 14.0. The SMILES string of the molecule is O=C(O)N[C@@H]1c2cccnc2[C@H](CC(=O)N2CCC(n3c(=O)[nH]c4ncccc43)CC2)CC[C@H]1c1cccc(F)c1F. The number of carboxylic acid groups (broad SMARTS) is 1. The molecule has 0 saturated carbocycles. The van der Waals surface area contributed by atoms with Gasteiger partial charge in [-0.2, -0.15) is 0 Å². The summed E-state index contributed by atoms with van der Waals surface area (Å²) in [5, 5.41) is 12.1. The van der Waals surface area contributed by atoms with E-state index < -0.39 is 29.7 Å². The standard InChI is InChI=1S/C30H30F2N6O4/c31-22-6-1-4-19(25(22)32)20-9-8-17(26-21(5-2-12-33-26)27(20)35-30(41)42)16-24(39)37-14-10-18(11-15-37)38-23-7-3-13-34-28(23)36-29(38)40/h1-7,12-13,17-18,20,27,35H,8-11,14-16H2,(H,41,42)(H,34,36,40)/t17-,20-,27-/m0/s1. The number of carbonyl (C=O) groups is 2. The molecule has 1 saturated heterocycles. The van der Waals surface area contributed by atoms with Crippen LogP contribution in [-0.4, -0.2) is 54.6 Å². The lowest BCUT2D eigenvalue weighted by molar-refractivity contribution is -0.133. The molecule has 1 aliphatic carbocycles. The summed E-state index contributed by atoms with van der Waals surface area (Å²) >= 11 is 0. The lowest BCUT2D eigenvalue weighted by Gasteiger charge is -2.33. The number of benzene rings is 1. The molecule has 1 aromatic carbocycles. The first-order valence-corrected chi connectivity index (χ1v) is 14.0. The zero-order chi connectivity index (χ0) is 29.4. The summed E-state index contributed by atoms with van der Waals surface area (Å²) < 4.78 is 30.9. The Hall–Kier alpha value is -4.61. The topological polar surface area (TPSA) is 133 Å². The fourth-order valence-electron chi connectivity index (χ4n) is 6.62. The fraction of sp³-hybridized carbons (Fsp3) is 0.367. The lowest BCUT2D eigenvalue weighted by atomic mass is 9.85. The summed E-state index contributed by atoms with van der Waals surface area (Å²) in [5.74, 6) is -3.11. The number of carbonyl (C=O) groups excluding carboxylic acids is 1. The van der Waals surface area contributed by atoms with Crippen molar-refractivity contribution in [1.29, 1.82) is 0 Å². The Balaban J connectivity index is 1.22. The number of pyridine rings is 2. The van der Waals surface area contributed by atoms with Crippen LogP contribution in [0.4, 0.5) is 13.6 Å². The highest BCUT2D eigenvalue weighted by Gasteiger charge is 2.37. The summed E-state index contributed by atoms with van der Waals surface area (Å²) in [7, 11) is 0. The van der Waals surface area contributed by atoms with Crippen molar-refractivity contribution in [2.75, 3.05) is 13.1 Å². The van der Waals surface area contributed by atoms with Gasteiger partial charge in [0.05, 0.1) is 11.6 Å². The number of H-pyrrole nitrogens is 1. The van der Waals surface area contributed by atoms with Crippen LogP contribution in [0.5, 0.6) is 0 Å². The predicted octanol–water partition coefficient (Wildman–Crippen LogP) is 4.62. The smallest absolute Gasteiger partial charge is 0.405 e. The van der Waals surface area contributed by atoms with E-state index in [9.17, 15) is 28.3 Å². The summed E-state index contributed by atoms with van der Waals surface area (Å²) in [4.78, 5) is 51.3. The van der Waals surface area contributed by atoms with Gasteiger partial charge in [-0.15, -0.1) is 0 Å². The zero-order valence-corrected chi connectivity index (χ0v) is 22.7. The molecule has 12 heteroatoms. The third-order valence-corrected chi connectivity index (χ3v) is 8.57. The maximum absolute atomic E-state index is 14.9. The van der Waals surface area contributed by atoms with Gasteiger partial charge in [0, 0.05) is 55.5 Å². The number of piperidine rings is 1. The van der Waals surface area contributed by atoms with Crippen LogP contribution < -0.4 is 11.0 Å². The molecular weight excluding hydrogens is 546 g/mol. The molecule has 6 rings (SSSR count). The van der Waals surface area contributed by atoms with Crippen molar-refractivity contribution in [3.63, 3.8) is 0 Å². The molecule has 3 N–H and O–H groups in total. The lowest BCUT2D eigenvalue weighted by Crippen LogP contribution is -2.41. The highest BCUT2D eigenvalue weighted by molar-refractivity contribution is 5.77. The van der Waals surface area contributed by atoms with Crippen LogP contribution in [0.25, 0.3) is 11.2 Å². The number of fused-ring (bicyclic) bond motifs is 2. The van der Waals surface area contributed by atoms with Crippen LogP contribution >= 0.6 is 0 Å². The van der Waals surface area contributed by atoms with Gasteiger partial charge in [0.15, 0.2) is 17.3 Å². The van der Waals surface area contributed by atoms with Crippen LogP contribution in [0.1, 0.15) is 72.8 Å². The van der Waals surface area contributed by atoms with Gasteiger partial charge >= 0.3 is 11.8 Å². The molecule has 4 heterocycles. The van der Waals surface area contributed by atoms with Gasteiger partial charge in [0.1, 0.15) is 0 Å². The monoisotopic (exact) mass is 576 g/mol. The molecule has 42 heavy (non-hydrogen) atoms. The number of nitrogens with one attached hydrogen (secondary N) is 2. The quantitative estimate of drug-likeness (QED) is 0.297. The molecule has 1 fully saturated rings. The third-order valence-electron chi connectivity index (χ3n) is 8.57. The molecule has 0 unspecified atom stereocenters. The maximum atomic E-state index is 14.9. The van der Waals surface area contributed by atoms with Crippen molar-refractivity contribution < 1.29 is 23.5 Å². The third kappa shape index (κ3) is 5.12. The average Bonchev–Trinajstić information content (AvgIpc) is 3.25. The number of imidazole rings is 1. The average molecular weight is 577 g/mol. The van der Waals surface area contributed by atoms with Crippen molar-refractivity contribution in [2.45, 2.75) is 56.0 Å². The second-order valence-electron chi connectivity index (χ2n) is 10.9. The van der Waals surface area contributed by atoms with Crippen LogP contribution in [-0.2, 0) is 4.79 Å². The first-order chi connectivity index (χ1) is 20.3. The van der Waals surface area contributed by atoms with Crippen molar-refractivity contribution in [2.24, 2.45) is 0 Å². The van der Waals surface area contributed by atoms with E-state index in [1.54, 1.807) is 40.1 Å². The number of hydrogen-bond donors (Lipinski definition) is 3. The number of aromatic nitrogens is 4. The minimum absolute atomic E-state index is 0.0652.